The summed E-state index contributed by atoms with van der Waals surface area (Å²) in [4.78, 5) is 115. The molecule has 0 spiro atoms. The number of carbonyl (C=O) groups is 7. The van der Waals surface area contributed by atoms with E-state index in [0.29, 0.717) is 198 Å². The summed E-state index contributed by atoms with van der Waals surface area (Å²) in [5.74, 6) is -8.87. The van der Waals surface area contributed by atoms with Gasteiger partial charge >= 0.3 is 17.9 Å². The predicted molar refractivity (Wildman–Crippen MR) is 438 cm³/mol. The van der Waals surface area contributed by atoms with E-state index in [1.54, 1.807) is 54.2 Å². The van der Waals surface area contributed by atoms with Crippen LogP contribution < -0.4 is 5.73 Å². The quantitative estimate of drug-likeness (QED) is 0.0106. The molecular formula is C87H130N8O23. The van der Waals surface area contributed by atoms with Gasteiger partial charge in [-0.2, -0.15) is 5.10 Å². The number of rotatable bonds is 39. The van der Waals surface area contributed by atoms with E-state index >= 15 is 0 Å². The molecule has 4 aromatic heterocycles. The van der Waals surface area contributed by atoms with E-state index in [9.17, 15) is 43.8 Å². The van der Waals surface area contributed by atoms with Gasteiger partial charge in [-0.3, -0.25) is 28.8 Å². The molecule has 2 bridgehead atoms. The number of Topliss-reactive ketones (excluding diaryl/α,β-unsaturated/α-hetero) is 3. The van der Waals surface area contributed by atoms with Crippen molar-refractivity contribution in [1.29, 1.82) is 0 Å². The highest BCUT2D eigenvalue weighted by Gasteiger charge is 2.53. The molecule has 2 saturated heterocycles. The molecule has 3 fully saturated rings. The van der Waals surface area contributed by atoms with E-state index in [2.05, 4.69) is 19.9 Å². The molecule has 0 radical (unpaired) electrons. The van der Waals surface area contributed by atoms with Crippen molar-refractivity contribution >= 4 is 69.0 Å². The number of unbranched alkanes of at least 4 members (excludes halogenated alkanes) is 2. The van der Waals surface area contributed by atoms with E-state index in [-0.39, 0.29) is 80.8 Å². The predicted octanol–water partition coefficient (Wildman–Crippen LogP) is 9.70. The Bertz CT molecular complexity index is 3920. The van der Waals surface area contributed by atoms with Crippen molar-refractivity contribution in [2.75, 3.05) is 133 Å². The van der Waals surface area contributed by atoms with Crippen LogP contribution in [-0.2, 0) is 106 Å². The number of amides is 1. The topological polar surface area (TPSA) is 391 Å². The fourth-order valence-corrected chi connectivity index (χ4v) is 15.7. The van der Waals surface area contributed by atoms with Gasteiger partial charge in [0, 0.05) is 108 Å². The highest BCUT2D eigenvalue weighted by atomic mass is 16.6. The van der Waals surface area contributed by atoms with Crippen molar-refractivity contribution in [2.45, 2.75) is 225 Å². The summed E-state index contributed by atoms with van der Waals surface area (Å²) in [5, 5.41) is 30.2. The van der Waals surface area contributed by atoms with Crippen LogP contribution in [0.3, 0.4) is 0 Å². The lowest BCUT2D eigenvalue weighted by Gasteiger charge is -2.42. The van der Waals surface area contributed by atoms with Crippen LogP contribution in [0.25, 0.3) is 33.3 Å². The molecule has 1 amide bonds. The summed E-state index contributed by atoms with van der Waals surface area (Å²) in [5.41, 5.74) is 10.4. The molecule has 1 saturated carbocycles. The molecular weight excluding hydrogens is 1520 g/mol. The number of carbonyl (C=O) groups excluding carboxylic acids is 7. The number of nitrogen functional groups attached to an aromatic ring is 1. The van der Waals surface area contributed by atoms with Gasteiger partial charge in [0.2, 0.25) is 5.79 Å². The van der Waals surface area contributed by atoms with E-state index in [1.807, 2.05) is 74.2 Å². The number of methoxy groups -OCH3 is 3. The Morgan fingerprint density at radius 2 is 1.38 bits per heavy atom. The van der Waals surface area contributed by atoms with Crippen LogP contribution in [0.5, 0.6) is 0 Å². The number of nitrogens with zero attached hydrogens (tertiary/aromatic N) is 6. The fraction of sp³-hybridized carbons (Fsp3) is 0.690. The molecule has 8 rings (SSSR count). The Balaban J connectivity index is 0.668. The van der Waals surface area contributed by atoms with Crippen LogP contribution >= 0.6 is 0 Å². The van der Waals surface area contributed by atoms with Gasteiger partial charge in [-0.1, -0.05) is 77.5 Å². The molecule has 7 heterocycles. The number of ether oxygens (including phenoxy) is 14. The average molecular weight is 1660 g/mol. The molecule has 3 aliphatic heterocycles. The summed E-state index contributed by atoms with van der Waals surface area (Å²) in [6, 6.07) is 2.75. The average Bonchev–Trinajstić information content (AvgIpc) is 1.42. The van der Waals surface area contributed by atoms with Crippen molar-refractivity contribution in [2.24, 2.45) is 35.5 Å². The molecule has 0 unspecified atom stereocenters. The van der Waals surface area contributed by atoms with Crippen molar-refractivity contribution in [3.05, 3.63) is 78.5 Å². The van der Waals surface area contributed by atoms with Crippen molar-refractivity contribution in [3.63, 3.8) is 0 Å². The van der Waals surface area contributed by atoms with E-state index < -0.39 is 95.9 Å². The maximum atomic E-state index is 14.7. The van der Waals surface area contributed by atoms with E-state index in [1.165, 1.54) is 18.3 Å². The van der Waals surface area contributed by atoms with Crippen molar-refractivity contribution < 1.29 is 110 Å². The summed E-state index contributed by atoms with van der Waals surface area (Å²) in [6.07, 6.45) is 18.4. The van der Waals surface area contributed by atoms with Crippen LogP contribution in [0.2, 0.25) is 0 Å². The Labute approximate surface area is 693 Å². The second-order valence-electron chi connectivity index (χ2n) is 31.6. The van der Waals surface area contributed by atoms with Crippen LogP contribution in [0.4, 0.5) is 5.82 Å². The zero-order chi connectivity index (χ0) is 84.9. The van der Waals surface area contributed by atoms with Crippen LogP contribution in [-0.4, -0.2) is 268 Å². The second-order valence-corrected chi connectivity index (χ2v) is 31.6. The SMILES string of the molecule is CO[C@H]1C[C@@H]2CC[C@@H](C)[C@@](O)(O2)C(=O)C(=O)N2CCCC[C@H]2C(=O)O[C@H]([C@H](C)C[C@@H]2CC[C@@H](OC(=O)CCCOCCOCCOCCOCCOCCOCCOCCOC(=O)CCCCCn3nc(-c4cnc5[nH]ccc5c4)c4c(N)ncnc43)[C@H](OC)C2)CC(=O)[C@H](C)/C=C(\C)[C@@H](O)[C@@H](OC)C(=O)[C@H](C)C[C@H](C)/C=C/C=C/C=C/1C. The molecule has 31 heteroatoms. The van der Waals surface area contributed by atoms with E-state index in [4.69, 9.17) is 77.1 Å². The number of esters is 3. The summed E-state index contributed by atoms with van der Waals surface area (Å²) < 4.78 is 82.5. The molecule has 118 heavy (non-hydrogen) atoms. The lowest BCUT2D eigenvalue weighted by atomic mass is 9.78. The van der Waals surface area contributed by atoms with Gasteiger partial charge in [0.05, 0.1) is 110 Å². The van der Waals surface area contributed by atoms with Gasteiger partial charge < -0.3 is 92.1 Å². The number of nitrogens with two attached hydrogens (primary N) is 1. The van der Waals surface area contributed by atoms with Crippen molar-refractivity contribution in [1.82, 2.24) is 34.6 Å². The molecule has 5 N–H and O–H groups in total. The first kappa shape index (κ1) is 95.8. The normalized spacial score (nSPS) is 27.6. The van der Waals surface area contributed by atoms with E-state index in [0.717, 1.165) is 35.0 Å². The number of cyclic esters (lactones) is 1. The number of allylic oxidation sites excluding steroid dienone is 6. The summed E-state index contributed by atoms with van der Waals surface area (Å²) in [6.45, 7) is 18.6. The molecule has 4 aliphatic rings. The standard InChI is InChI=1S/C87H130N8O23/c1-57-20-13-11-14-21-58(2)71(105-8)53-67-27-25-63(7)87(104,118-67)81(101)85(102)94-31-18-16-22-68(94)86(103)117-72(54-69(96)59(3)49-62(6)79(100)80(107-10)78(99)61(5)48-57)60(4)50-64-26-28-70(73(51-64)106-9)116-75(98)24-19-33-108-34-35-109-36-37-110-38-39-111-40-41-112-42-43-113-44-45-114-46-47-115-74(97)23-15-12-17-32-95-84-76(82(88)91-56-92-84)77(93-95)66-52-65-29-30-89-83(65)90-55-66/h11,13-14,20-21,29-30,49,52,55-57,59-61,63-64,67-68,70-73,79-80,100,104H,12,15-19,22-28,31-48,50-51,53-54H2,1-10H3,(H,89,90)(H2,88,91,92)/b14-11+,20-13+,58-21+,62-49+/t57-,59-,60-,61-,63-,64+,67+,68+,70-,71+,72+,73-,79-,80+,87-/m1/s1. The number of hydrogen-bond donors (Lipinski definition) is 4. The molecule has 0 aromatic carbocycles. The molecule has 4 aromatic rings. The maximum absolute atomic E-state index is 14.7. The number of pyridine rings is 1. The van der Waals surface area contributed by atoms with Gasteiger partial charge in [-0.05, 0) is 138 Å². The third-order valence-electron chi connectivity index (χ3n) is 22.6. The first-order valence-corrected chi connectivity index (χ1v) is 42.2. The van der Waals surface area contributed by atoms with Gasteiger partial charge in [0.1, 0.15) is 66.3 Å². The van der Waals surface area contributed by atoms with Crippen molar-refractivity contribution in [3.8, 4) is 11.3 Å². The second kappa shape index (κ2) is 50.6. The first-order valence-electron chi connectivity index (χ1n) is 42.2. The lowest BCUT2D eigenvalue weighted by Crippen LogP contribution is -2.61. The number of piperidine rings is 1. The number of fused-ring (bicyclic) bond motifs is 5. The molecule has 656 valence electrons. The zero-order valence-corrected chi connectivity index (χ0v) is 70.9. The minimum atomic E-state index is -2.48. The number of aliphatic hydroxyl groups excluding tert-OH is 1. The minimum Gasteiger partial charge on any atom is -0.463 e. The highest BCUT2D eigenvalue weighted by molar-refractivity contribution is 6.39. The Kier molecular flexibility index (Phi) is 41.1. The Morgan fingerprint density at radius 3 is 2.05 bits per heavy atom. The molecule has 15 atom stereocenters. The summed E-state index contributed by atoms with van der Waals surface area (Å²) in [7, 11) is 4.51. The molecule has 31 nitrogen and oxygen atoms in total. The van der Waals surface area contributed by atoms with Gasteiger partial charge in [-0.15, -0.1) is 0 Å². The first-order chi connectivity index (χ1) is 56.9. The number of aliphatic hydroxyl groups is 2. The number of hydrogen-bond acceptors (Lipinski definition) is 28. The van der Waals surface area contributed by atoms with Crippen LogP contribution in [0.15, 0.2) is 78.5 Å². The number of aromatic amines is 1. The maximum Gasteiger partial charge on any atom is 0.329 e. The highest BCUT2D eigenvalue weighted by Crippen LogP contribution is 2.39. The number of ketones is 3. The monoisotopic (exact) mass is 1650 g/mol. The number of aromatic nitrogens is 6. The number of aryl methyl sites for hydroxylation is 1. The third kappa shape index (κ3) is 29.6. The lowest BCUT2D eigenvalue weighted by molar-refractivity contribution is -0.265. The van der Waals surface area contributed by atoms with Crippen LogP contribution in [0, 0.1) is 35.5 Å². The number of H-pyrrole nitrogens is 1. The van der Waals surface area contributed by atoms with Gasteiger partial charge in [0.25, 0.3) is 11.7 Å². The zero-order valence-electron chi connectivity index (χ0n) is 70.9. The molecule has 1 aliphatic carbocycles. The fourth-order valence-electron chi connectivity index (χ4n) is 15.7. The Hall–Kier alpha value is -7.63. The smallest absolute Gasteiger partial charge is 0.329 e. The summed E-state index contributed by atoms with van der Waals surface area (Å²) >= 11 is 0. The van der Waals surface area contributed by atoms with Crippen LogP contribution in [0.1, 0.15) is 164 Å². The largest absolute Gasteiger partial charge is 0.463 e. The van der Waals surface area contributed by atoms with Gasteiger partial charge in [-0.25, -0.2) is 24.4 Å². The minimum absolute atomic E-state index is 0.00279. The van der Waals surface area contributed by atoms with Gasteiger partial charge in [0.15, 0.2) is 11.4 Å². The number of nitrogens with one attached hydrogen (secondary N) is 1. The Morgan fingerprint density at radius 1 is 0.712 bits per heavy atom. The number of anilines is 1. The third-order valence-corrected chi connectivity index (χ3v) is 22.6.